The lowest BCUT2D eigenvalue weighted by molar-refractivity contribution is 0.618. The Bertz CT molecular complexity index is 416. The summed E-state index contributed by atoms with van der Waals surface area (Å²) < 4.78 is 13.2. The van der Waals surface area contributed by atoms with E-state index >= 15 is 0 Å². The lowest BCUT2D eigenvalue weighted by Crippen LogP contribution is -1.90. The second kappa shape index (κ2) is 3.40. The molecule has 0 bridgehead atoms. The maximum atomic E-state index is 13.2. The van der Waals surface area contributed by atoms with Gasteiger partial charge in [-0.1, -0.05) is 6.07 Å². The molecule has 0 spiro atoms. The summed E-state index contributed by atoms with van der Waals surface area (Å²) in [5.74, 6) is -0.452. The summed E-state index contributed by atoms with van der Waals surface area (Å²) in [4.78, 5) is 8.09. The van der Waals surface area contributed by atoms with Gasteiger partial charge in [0.2, 0.25) is 5.28 Å². The number of thiophene rings is 1. The standard InChI is InChI=1S/C8H4ClFN2S/c9-8-11-4-5(10)7(12-8)6-2-1-3-13-6/h1-4H. The van der Waals surface area contributed by atoms with E-state index in [1.165, 1.54) is 11.3 Å². The third kappa shape index (κ3) is 1.68. The first-order valence-corrected chi connectivity index (χ1v) is 4.75. The maximum Gasteiger partial charge on any atom is 0.223 e. The average molecular weight is 215 g/mol. The van der Waals surface area contributed by atoms with E-state index in [1.807, 2.05) is 11.4 Å². The number of aromatic nitrogens is 2. The van der Waals surface area contributed by atoms with Gasteiger partial charge in [0, 0.05) is 0 Å². The maximum absolute atomic E-state index is 13.2. The van der Waals surface area contributed by atoms with Gasteiger partial charge in [0.05, 0.1) is 11.1 Å². The Morgan fingerprint density at radius 2 is 2.31 bits per heavy atom. The van der Waals surface area contributed by atoms with Gasteiger partial charge in [0.25, 0.3) is 0 Å². The van der Waals surface area contributed by atoms with Gasteiger partial charge in [-0.05, 0) is 23.0 Å². The molecule has 2 aromatic heterocycles. The zero-order valence-corrected chi connectivity index (χ0v) is 7.94. The van der Waals surface area contributed by atoms with Gasteiger partial charge in [0.1, 0.15) is 5.69 Å². The highest BCUT2D eigenvalue weighted by molar-refractivity contribution is 7.13. The predicted molar refractivity (Wildman–Crippen MR) is 50.3 cm³/mol. The molecule has 0 saturated heterocycles. The van der Waals surface area contributed by atoms with E-state index in [1.54, 1.807) is 6.07 Å². The first-order chi connectivity index (χ1) is 6.27. The van der Waals surface area contributed by atoms with Crippen molar-refractivity contribution in [2.45, 2.75) is 0 Å². The third-order valence-electron chi connectivity index (χ3n) is 1.47. The predicted octanol–water partition coefficient (Wildman–Crippen LogP) is 3.00. The smallest absolute Gasteiger partial charge is 0.223 e. The van der Waals surface area contributed by atoms with Crippen molar-refractivity contribution in [3.05, 3.63) is 34.8 Å². The molecule has 5 heteroatoms. The normalized spacial score (nSPS) is 10.3. The van der Waals surface area contributed by atoms with Crippen LogP contribution in [0.1, 0.15) is 0 Å². The van der Waals surface area contributed by atoms with Crippen LogP contribution in [0.2, 0.25) is 5.28 Å². The van der Waals surface area contributed by atoms with Crippen LogP contribution in [0.5, 0.6) is 0 Å². The summed E-state index contributed by atoms with van der Waals surface area (Å²) in [6.07, 6.45) is 1.07. The van der Waals surface area contributed by atoms with Crippen molar-refractivity contribution >= 4 is 22.9 Å². The largest absolute Gasteiger partial charge is 0.223 e. The fraction of sp³-hybridized carbons (Fsp3) is 0. The van der Waals surface area contributed by atoms with Gasteiger partial charge >= 0.3 is 0 Å². The van der Waals surface area contributed by atoms with Crippen molar-refractivity contribution in [2.24, 2.45) is 0 Å². The Morgan fingerprint density at radius 1 is 1.46 bits per heavy atom. The van der Waals surface area contributed by atoms with Crippen molar-refractivity contribution in [2.75, 3.05) is 0 Å². The van der Waals surface area contributed by atoms with Crippen LogP contribution in [0.15, 0.2) is 23.7 Å². The van der Waals surface area contributed by atoms with Crippen LogP contribution in [0.4, 0.5) is 4.39 Å². The fourth-order valence-corrected chi connectivity index (χ4v) is 1.78. The molecule has 0 saturated carbocycles. The van der Waals surface area contributed by atoms with Crippen molar-refractivity contribution in [1.82, 2.24) is 9.97 Å². The first kappa shape index (κ1) is 8.59. The molecule has 0 amide bonds. The van der Waals surface area contributed by atoms with Gasteiger partial charge in [-0.25, -0.2) is 14.4 Å². The zero-order valence-electron chi connectivity index (χ0n) is 6.37. The second-order valence-corrected chi connectivity index (χ2v) is 3.60. The molecule has 0 aliphatic heterocycles. The molecule has 0 fully saturated rings. The molecule has 0 aliphatic carbocycles. The van der Waals surface area contributed by atoms with E-state index in [-0.39, 0.29) is 11.0 Å². The minimum atomic E-state index is -0.452. The number of rotatable bonds is 1. The first-order valence-electron chi connectivity index (χ1n) is 3.49. The molecule has 13 heavy (non-hydrogen) atoms. The van der Waals surface area contributed by atoms with Crippen molar-refractivity contribution in [3.8, 4) is 10.6 Å². The topological polar surface area (TPSA) is 25.8 Å². The van der Waals surface area contributed by atoms with E-state index in [2.05, 4.69) is 9.97 Å². The molecule has 0 N–H and O–H groups in total. The van der Waals surface area contributed by atoms with Crippen LogP contribution in [0, 0.1) is 5.82 Å². The van der Waals surface area contributed by atoms with Gasteiger partial charge in [0.15, 0.2) is 5.82 Å². The van der Waals surface area contributed by atoms with E-state index < -0.39 is 5.82 Å². The molecule has 2 aromatic rings. The van der Waals surface area contributed by atoms with E-state index in [0.717, 1.165) is 11.1 Å². The molecule has 2 rings (SSSR count). The van der Waals surface area contributed by atoms with Gasteiger partial charge in [-0.2, -0.15) is 0 Å². The monoisotopic (exact) mass is 214 g/mol. The Balaban J connectivity index is 2.57. The van der Waals surface area contributed by atoms with Crippen molar-refractivity contribution in [3.63, 3.8) is 0 Å². The summed E-state index contributed by atoms with van der Waals surface area (Å²) in [5.41, 5.74) is 0.259. The minimum absolute atomic E-state index is 0.0600. The number of halogens is 2. The molecular weight excluding hydrogens is 211 g/mol. The Morgan fingerprint density at radius 3 is 3.00 bits per heavy atom. The number of hydrogen-bond donors (Lipinski definition) is 0. The van der Waals surface area contributed by atoms with Crippen LogP contribution in [0.3, 0.4) is 0 Å². The van der Waals surface area contributed by atoms with E-state index in [9.17, 15) is 4.39 Å². The highest BCUT2D eigenvalue weighted by Crippen LogP contribution is 2.25. The van der Waals surface area contributed by atoms with Crippen LogP contribution in [-0.2, 0) is 0 Å². The quantitative estimate of drug-likeness (QED) is 0.682. The molecule has 0 unspecified atom stereocenters. The summed E-state index contributed by atoms with van der Waals surface area (Å²) in [5, 5.41) is 1.91. The number of nitrogens with zero attached hydrogens (tertiary/aromatic N) is 2. The summed E-state index contributed by atoms with van der Waals surface area (Å²) in [7, 11) is 0. The number of hydrogen-bond acceptors (Lipinski definition) is 3. The summed E-state index contributed by atoms with van der Waals surface area (Å²) >= 11 is 6.96. The summed E-state index contributed by atoms with van der Waals surface area (Å²) in [6.45, 7) is 0. The molecule has 0 radical (unpaired) electrons. The zero-order chi connectivity index (χ0) is 9.26. The molecule has 2 heterocycles. The molecular formula is C8H4ClFN2S. The Labute approximate surface area is 83.0 Å². The molecule has 66 valence electrons. The highest BCUT2D eigenvalue weighted by Gasteiger charge is 2.08. The van der Waals surface area contributed by atoms with Crippen LogP contribution < -0.4 is 0 Å². The van der Waals surface area contributed by atoms with Crippen LogP contribution in [-0.4, -0.2) is 9.97 Å². The van der Waals surface area contributed by atoms with E-state index in [0.29, 0.717) is 0 Å². The van der Waals surface area contributed by atoms with Gasteiger partial charge < -0.3 is 0 Å². The lowest BCUT2D eigenvalue weighted by atomic mass is 10.3. The molecule has 0 atom stereocenters. The van der Waals surface area contributed by atoms with E-state index in [4.69, 9.17) is 11.6 Å². The van der Waals surface area contributed by atoms with Gasteiger partial charge in [-0.15, -0.1) is 11.3 Å². The second-order valence-electron chi connectivity index (χ2n) is 2.31. The lowest BCUT2D eigenvalue weighted by Gasteiger charge is -1.97. The fourth-order valence-electron chi connectivity index (χ4n) is 0.932. The SMILES string of the molecule is Fc1cnc(Cl)nc1-c1cccs1. The molecule has 0 aliphatic rings. The minimum Gasteiger partial charge on any atom is -0.223 e. The highest BCUT2D eigenvalue weighted by atomic mass is 35.5. The average Bonchev–Trinajstić information content (AvgIpc) is 2.61. The van der Waals surface area contributed by atoms with Crippen molar-refractivity contribution < 1.29 is 4.39 Å². The molecule has 0 aromatic carbocycles. The summed E-state index contributed by atoms with van der Waals surface area (Å²) in [6, 6.07) is 3.61. The van der Waals surface area contributed by atoms with Crippen LogP contribution in [0.25, 0.3) is 10.6 Å². The van der Waals surface area contributed by atoms with Crippen LogP contribution >= 0.6 is 22.9 Å². The Hall–Kier alpha value is -1.00. The van der Waals surface area contributed by atoms with Crippen molar-refractivity contribution in [1.29, 1.82) is 0 Å². The Kier molecular flexibility index (Phi) is 2.24. The van der Waals surface area contributed by atoms with Gasteiger partial charge in [-0.3, -0.25) is 0 Å². The third-order valence-corrected chi connectivity index (χ3v) is 2.53. The molecule has 2 nitrogen and oxygen atoms in total.